The Bertz CT molecular complexity index is 1140. The second kappa shape index (κ2) is 7.64. The second-order valence-electron chi connectivity index (χ2n) is 6.37. The zero-order valence-corrected chi connectivity index (χ0v) is 16.3. The average molecular weight is 396 g/mol. The highest BCUT2D eigenvalue weighted by atomic mass is 35.5. The third-order valence-corrected chi connectivity index (χ3v) is 5.61. The highest BCUT2D eigenvalue weighted by molar-refractivity contribution is 7.17. The van der Waals surface area contributed by atoms with Gasteiger partial charge in [0.25, 0.3) is 5.56 Å². The molecule has 4 nitrogen and oxygen atoms in total. The van der Waals surface area contributed by atoms with Gasteiger partial charge in [-0.05, 0) is 30.2 Å². The van der Waals surface area contributed by atoms with E-state index in [2.05, 4.69) is 22.2 Å². The molecule has 136 valence electrons. The maximum absolute atomic E-state index is 12.7. The van der Waals surface area contributed by atoms with Crippen molar-refractivity contribution < 1.29 is 0 Å². The summed E-state index contributed by atoms with van der Waals surface area (Å²) in [5, 5.41) is 6.74. The minimum absolute atomic E-state index is 0.0907. The summed E-state index contributed by atoms with van der Waals surface area (Å²) in [4.78, 5) is 21.0. The maximum Gasteiger partial charge on any atom is 0.260 e. The lowest BCUT2D eigenvalue weighted by atomic mass is 10.1. The Morgan fingerprint density at radius 2 is 2.00 bits per heavy atom. The summed E-state index contributed by atoms with van der Waals surface area (Å²) in [6.45, 7) is 2.53. The third-order valence-electron chi connectivity index (χ3n) is 4.50. The molecule has 0 saturated heterocycles. The Kier molecular flexibility index (Phi) is 5.07. The van der Waals surface area contributed by atoms with Crippen LogP contribution in [-0.4, -0.2) is 9.97 Å². The van der Waals surface area contributed by atoms with Gasteiger partial charge in [0, 0.05) is 22.0 Å². The van der Waals surface area contributed by atoms with Crippen LogP contribution in [0.4, 0.5) is 0 Å². The summed E-state index contributed by atoms with van der Waals surface area (Å²) >= 11 is 7.55. The predicted molar refractivity (Wildman–Crippen MR) is 112 cm³/mol. The number of benzene rings is 2. The smallest absolute Gasteiger partial charge is 0.260 e. The molecule has 0 fully saturated rings. The van der Waals surface area contributed by atoms with E-state index < -0.39 is 0 Å². The van der Waals surface area contributed by atoms with E-state index in [1.54, 1.807) is 0 Å². The van der Waals surface area contributed by atoms with Crippen LogP contribution in [0.3, 0.4) is 0 Å². The fourth-order valence-corrected chi connectivity index (χ4v) is 4.22. The van der Waals surface area contributed by atoms with Gasteiger partial charge in [-0.3, -0.25) is 4.79 Å². The van der Waals surface area contributed by atoms with Crippen LogP contribution in [-0.2, 0) is 6.54 Å². The number of aromatic nitrogens is 2. The van der Waals surface area contributed by atoms with E-state index in [0.29, 0.717) is 22.8 Å². The lowest BCUT2D eigenvalue weighted by molar-refractivity contribution is 0.560. The van der Waals surface area contributed by atoms with Crippen molar-refractivity contribution in [2.75, 3.05) is 0 Å². The molecule has 0 aliphatic heterocycles. The van der Waals surface area contributed by atoms with E-state index in [1.807, 2.05) is 60.0 Å². The first-order valence-electron chi connectivity index (χ1n) is 8.66. The largest absolute Gasteiger partial charge is 0.309 e. The maximum atomic E-state index is 12.7. The number of thiophene rings is 1. The molecule has 2 aromatic carbocycles. The van der Waals surface area contributed by atoms with Crippen molar-refractivity contribution in [3.63, 3.8) is 0 Å². The normalized spacial score (nSPS) is 12.4. The molecule has 0 radical (unpaired) electrons. The van der Waals surface area contributed by atoms with Crippen molar-refractivity contribution in [2.45, 2.75) is 19.5 Å². The molecule has 0 bridgehead atoms. The Morgan fingerprint density at radius 3 is 2.78 bits per heavy atom. The summed E-state index contributed by atoms with van der Waals surface area (Å²) in [5.41, 5.74) is 2.94. The minimum Gasteiger partial charge on any atom is -0.309 e. The highest BCUT2D eigenvalue weighted by Gasteiger charge is 2.13. The zero-order chi connectivity index (χ0) is 18.8. The second-order valence-corrected chi connectivity index (χ2v) is 7.66. The molecule has 1 atom stereocenters. The summed E-state index contributed by atoms with van der Waals surface area (Å²) in [5.74, 6) is 0.628. The standard InChI is InChI=1S/C21H18ClN3OS/c1-13(15-8-5-9-16(22)10-15)23-11-18-24-20(26)19-17(12-27-21(19)25-18)14-6-3-2-4-7-14/h2-10,12-13,23H,11H2,1H3,(H,24,25,26). The predicted octanol–water partition coefficient (Wildman–Crippen LogP) is 5.16. The average Bonchev–Trinajstić information content (AvgIpc) is 3.11. The Hall–Kier alpha value is -2.47. The molecule has 4 aromatic rings. The monoisotopic (exact) mass is 395 g/mol. The van der Waals surface area contributed by atoms with E-state index in [9.17, 15) is 4.79 Å². The first-order chi connectivity index (χ1) is 13.1. The van der Waals surface area contributed by atoms with Crippen LogP contribution in [0, 0.1) is 0 Å². The fraction of sp³-hybridized carbons (Fsp3) is 0.143. The molecule has 0 aliphatic carbocycles. The van der Waals surface area contributed by atoms with Gasteiger partial charge >= 0.3 is 0 Å². The number of H-pyrrole nitrogens is 1. The molecule has 2 heterocycles. The minimum atomic E-state index is -0.104. The third kappa shape index (κ3) is 3.81. The van der Waals surface area contributed by atoms with Crippen LogP contribution in [0.5, 0.6) is 0 Å². The number of halogens is 1. The van der Waals surface area contributed by atoms with Crippen LogP contribution >= 0.6 is 22.9 Å². The molecular weight excluding hydrogens is 378 g/mol. The molecule has 0 aliphatic rings. The SMILES string of the molecule is CC(NCc1nc2scc(-c3ccccc3)c2c(=O)[nH]1)c1cccc(Cl)c1. The van der Waals surface area contributed by atoms with Gasteiger partial charge in [-0.25, -0.2) is 4.98 Å². The van der Waals surface area contributed by atoms with Crippen LogP contribution in [0.25, 0.3) is 21.3 Å². The first-order valence-corrected chi connectivity index (χ1v) is 9.92. The zero-order valence-electron chi connectivity index (χ0n) is 14.7. The van der Waals surface area contributed by atoms with Crippen LogP contribution in [0.15, 0.2) is 64.8 Å². The molecule has 1 unspecified atom stereocenters. The van der Waals surface area contributed by atoms with Crippen LogP contribution in [0.2, 0.25) is 5.02 Å². The van der Waals surface area contributed by atoms with Crippen molar-refractivity contribution >= 4 is 33.2 Å². The molecule has 2 aromatic heterocycles. The number of fused-ring (bicyclic) bond motifs is 1. The number of hydrogen-bond donors (Lipinski definition) is 2. The molecule has 0 spiro atoms. The molecular formula is C21H18ClN3OS. The molecule has 27 heavy (non-hydrogen) atoms. The number of aromatic amines is 1. The van der Waals surface area contributed by atoms with Gasteiger partial charge in [0.15, 0.2) is 0 Å². The lowest BCUT2D eigenvalue weighted by Crippen LogP contribution is -2.22. The number of rotatable bonds is 5. The van der Waals surface area contributed by atoms with E-state index >= 15 is 0 Å². The Balaban J connectivity index is 1.58. The van der Waals surface area contributed by atoms with Gasteiger partial charge in [-0.15, -0.1) is 11.3 Å². The van der Waals surface area contributed by atoms with Crippen molar-refractivity contribution in [3.05, 3.63) is 86.7 Å². The van der Waals surface area contributed by atoms with Crippen LogP contribution < -0.4 is 10.9 Å². The first kappa shape index (κ1) is 17.9. The highest BCUT2D eigenvalue weighted by Crippen LogP contribution is 2.30. The summed E-state index contributed by atoms with van der Waals surface area (Å²) in [6.07, 6.45) is 0. The Labute approximate surface area is 165 Å². The van der Waals surface area contributed by atoms with Crippen molar-refractivity contribution in [3.8, 4) is 11.1 Å². The van der Waals surface area contributed by atoms with E-state index in [-0.39, 0.29) is 11.6 Å². The van der Waals surface area contributed by atoms with Crippen molar-refractivity contribution in [2.24, 2.45) is 0 Å². The summed E-state index contributed by atoms with van der Waals surface area (Å²) in [7, 11) is 0. The van der Waals surface area contributed by atoms with Gasteiger partial charge in [-0.1, -0.05) is 54.1 Å². The number of nitrogens with zero attached hydrogens (tertiary/aromatic N) is 1. The van der Waals surface area contributed by atoms with Gasteiger partial charge in [0.05, 0.1) is 11.9 Å². The van der Waals surface area contributed by atoms with E-state index in [0.717, 1.165) is 21.5 Å². The van der Waals surface area contributed by atoms with Gasteiger partial charge in [-0.2, -0.15) is 0 Å². The fourth-order valence-electron chi connectivity index (χ4n) is 3.05. The van der Waals surface area contributed by atoms with Gasteiger partial charge in [0.2, 0.25) is 0 Å². The number of hydrogen-bond acceptors (Lipinski definition) is 4. The number of nitrogens with one attached hydrogen (secondary N) is 2. The van der Waals surface area contributed by atoms with Crippen molar-refractivity contribution in [1.29, 1.82) is 0 Å². The lowest BCUT2D eigenvalue weighted by Gasteiger charge is -2.14. The van der Waals surface area contributed by atoms with E-state index in [1.165, 1.54) is 11.3 Å². The Morgan fingerprint density at radius 1 is 1.19 bits per heavy atom. The van der Waals surface area contributed by atoms with Gasteiger partial charge < -0.3 is 10.3 Å². The van der Waals surface area contributed by atoms with Crippen molar-refractivity contribution in [1.82, 2.24) is 15.3 Å². The van der Waals surface area contributed by atoms with Gasteiger partial charge in [0.1, 0.15) is 10.7 Å². The molecule has 0 saturated carbocycles. The topological polar surface area (TPSA) is 57.8 Å². The summed E-state index contributed by atoms with van der Waals surface area (Å²) < 4.78 is 0. The quantitative estimate of drug-likeness (QED) is 0.491. The summed E-state index contributed by atoms with van der Waals surface area (Å²) in [6, 6.07) is 17.7. The molecule has 6 heteroatoms. The van der Waals surface area contributed by atoms with Crippen LogP contribution in [0.1, 0.15) is 24.4 Å². The molecule has 4 rings (SSSR count). The molecule has 0 amide bonds. The van der Waals surface area contributed by atoms with E-state index in [4.69, 9.17) is 11.6 Å². The molecule has 2 N–H and O–H groups in total.